The van der Waals surface area contributed by atoms with Crippen molar-refractivity contribution in [2.75, 3.05) is 33.7 Å². The zero-order chi connectivity index (χ0) is 19.8. The smallest absolute Gasteiger partial charge is 0.401 e. The van der Waals surface area contributed by atoms with E-state index >= 15 is 0 Å². The van der Waals surface area contributed by atoms with Gasteiger partial charge in [-0.15, -0.1) is 24.0 Å². The fourth-order valence-electron chi connectivity index (χ4n) is 2.23. The molecule has 0 unspecified atom stereocenters. The first-order valence-electron chi connectivity index (χ1n) is 8.47. The van der Waals surface area contributed by atoms with Gasteiger partial charge in [0.15, 0.2) is 5.96 Å². The third kappa shape index (κ3) is 12.0. The Labute approximate surface area is 176 Å². The summed E-state index contributed by atoms with van der Waals surface area (Å²) >= 11 is 0. The van der Waals surface area contributed by atoms with Crippen molar-refractivity contribution in [3.05, 3.63) is 29.8 Å². The second-order valence-electron chi connectivity index (χ2n) is 7.03. The maximum absolute atomic E-state index is 12.3. The van der Waals surface area contributed by atoms with E-state index in [1.807, 2.05) is 45.0 Å². The Morgan fingerprint density at radius 2 is 1.78 bits per heavy atom. The Bertz CT molecular complexity index is 589. The molecule has 1 aromatic carbocycles. The van der Waals surface area contributed by atoms with Crippen molar-refractivity contribution in [1.29, 1.82) is 0 Å². The van der Waals surface area contributed by atoms with E-state index in [1.54, 1.807) is 7.05 Å². The highest BCUT2D eigenvalue weighted by Gasteiger charge is 2.28. The van der Waals surface area contributed by atoms with Crippen LogP contribution in [-0.4, -0.2) is 56.4 Å². The van der Waals surface area contributed by atoms with Gasteiger partial charge in [0.05, 0.1) is 6.54 Å². The van der Waals surface area contributed by atoms with Crippen molar-refractivity contribution >= 4 is 29.9 Å². The third-order valence-electron chi connectivity index (χ3n) is 3.29. The standard InChI is InChI=1S/C18H29F3N4O.HI/c1-17(2,3)26-15-9-7-6-8-14(15)12-24-16(22-4)23-10-11-25(5)13-18(19,20)21;/h6-9H,10-13H2,1-5H3,(H2,22,23,24);1H. The summed E-state index contributed by atoms with van der Waals surface area (Å²) in [6, 6.07) is 7.70. The summed E-state index contributed by atoms with van der Waals surface area (Å²) < 4.78 is 42.9. The molecule has 0 aliphatic rings. The molecule has 0 aromatic heterocycles. The number of ether oxygens (including phenoxy) is 1. The van der Waals surface area contributed by atoms with Gasteiger partial charge in [-0.1, -0.05) is 18.2 Å². The van der Waals surface area contributed by atoms with Gasteiger partial charge < -0.3 is 15.4 Å². The van der Waals surface area contributed by atoms with Crippen LogP contribution in [0.15, 0.2) is 29.3 Å². The predicted octanol–water partition coefficient (Wildman–Crippen LogP) is 3.64. The highest BCUT2D eigenvalue weighted by atomic mass is 127. The average molecular weight is 502 g/mol. The summed E-state index contributed by atoms with van der Waals surface area (Å²) in [6.07, 6.45) is -4.19. The van der Waals surface area contributed by atoms with Crippen molar-refractivity contribution in [2.45, 2.75) is 39.1 Å². The molecule has 27 heavy (non-hydrogen) atoms. The van der Waals surface area contributed by atoms with Gasteiger partial charge in [0.1, 0.15) is 11.4 Å². The largest absolute Gasteiger partial charge is 0.488 e. The molecule has 0 radical (unpaired) electrons. The molecule has 0 saturated heterocycles. The number of hydrogen-bond donors (Lipinski definition) is 2. The first-order valence-corrected chi connectivity index (χ1v) is 8.47. The highest BCUT2D eigenvalue weighted by Crippen LogP contribution is 2.22. The van der Waals surface area contributed by atoms with E-state index in [4.69, 9.17) is 4.74 Å². The Hall–Kier alpha value is -1.23. The van der Waals surface area contributed by atoms with Gasteiger partial charge in [-0.2, -0.15) is 13.2 Å². The number of rotatable bonds is 7. The monoisotopic (exact) mass is 502 g/mol. The van der Waals surface area contributed by atoms with Crippen LogP contribution in [0.2, 0.25) is 0 Å². The summed E-state index contributed by atoms with van der Waals surface area (Å²) in [5, 5.41) is 6.17. The summed E-state index contributed by atoms with van der Waals surface area (Å²) in [7, 11) is 3.05. The molecular formula is C18H30F3IN4O. The number of hydrogen-bond acceptors (Lipinski definition) is 3. The molecule has 9 heteroatoms. The minimum Gasteiger partial charge on any atom is -0.488 e. The van der Waals surface area contributed by atoms with Crippen molar-refractivity contribution in [1.82, 2.24) is 15.5 Å². The Balaban J connectivity index is 0.00000676. The van der Waals surface area contributed by atoms with E-state index in [9.17, 15) is 13.2 Å². The molecule has 1 aromatic rings. The fourth-order valence-corrected chi connectivity index (χ4v) is 2.23. The summed E-state index contributed by atoms with van der Waals surface area (Å²) in [6.45, 7) is 6.11. The predicted molar refractivity (Wildman–Crippen MR) is 114 cm³/mol. The molecule has 0 aliphatic heterocycles. The maximum atomic E-state index is 12.3. The SMILES string of the molecule is CN=C(NCCN(C)CC(F)(F)F)NCc1ccccc1OC(C)(C)C.I. The molecule has 0 atom stereocenters. The molecule has 0 fully saturated rings. The lowest BCUT2D eigenvalue weighted by atomic mass is 10.1. The number of nitrogens with zero attached hydrogens (tertiary/aromatic N) is 2. The van der Waals surface area contributed by atoms with Gasteiger partial charge in [-0.25, -0.2) is 0 Å². The lowest BCUT2D eigenvalue weighted by Gasteiger charge is -2.23. The minimum absolute atomic E-state index is 0. The maximum Gasteiger partial charge on any atom is 0.401 e. The lowest BCUT2D eigenvalue weighted by molar-refractivity contribution is -0.142. The van der Waals surface area contributed by atoms with Crippen molar-refractivity contribution in [3.8, 4) is 5.75 Å². The number of aliphatic imine (C=N–C) groups is 1. The zero-order valence-electron chi connectivity index (χ0n) is 16.5. The van der Waals surface area contributed by atoms with Crippen LogP contribution < -0.4 is 15.4 Å². The van der Waals surface area contributed by atoms with E-state index in [-0.39, 0.29) is 36.1 Å². The first-order chi connectivity index (χ1) is 12.0. The van der Waals surface area contributed by atoms with Crippen LogP contribution in [0, 0.1) is 0 Å². The molecule has 0 saturated carbocycles. The van der Waals surface area contributed by atoms with E-state index in [1.165, 1.54) is 11.9 Å². The molecule has 5 nitrogen and oxygen atoms in total. The number of halogens is 4. The van der Waals surface area contributed by atoms with Crippen LogP contribution >= 0.6 is 24.0 Å². The van der Waals surface area contributed by atoms with Crippen LogP contribution in [0.1, 0.15) is 26.3 Å². The van der Waals surface area contributed by atoms with E-state index in [0.717, 1.165) is 11.3 Å². The molecule has 0 bridgehead atoms. The fraction of sp³-hybridized carbons (Fsp3) is 0.611. The minimum atomic E-state index is -4.19. The number of para-hydroxylation sites is 1. The van der Waals surface area contributed by atoms with Crippen molar-refractivity contribution < 1.29 is 17.9 Å². The first kappa shape index (κ1) is 25.8. The zero-order valence-corrected chi connectivity index (χ0v) is 18.8. The average Bonchev–Trinajstić information content (AvgIpc) is 2.48. The van der Waals surface area contributed by atoms with Crippen LogP contribution in [0.5, 0.6) is 5.75 Å². The van der Waals surface area contributed by atoms with E-state index < -0.39 is 12.7 Å². The van der Waals surface area contributed by atoms with Gasteiger partial charge in [0, 0.05) is 32.2 Å². The van der Waals surface area contributed by atoms with Gasteiger partial charge in [-0.05, 0) is 33.9 Å². The molecule has 156 valence electrons. The molecule has 0 spiro atoms. The van der Waals surface area contributed by atoms with Gasteiger partial charge in [0.2, 0.25) is 0 Å². The van der Waals surface area contributed by atoms with Crippen LogP contribution in [-0.2, 0) is 6.54 Å². The molecular weight excluding hydrogens is 472 g/mol. The highest BCUT2D eigenvalue weighted by molar-refractivity contribution is 14.0. The molecule has 1 rings (SSSR count). The normalized spacial score (nSPS) is 12.6. The van der Waals surface area contributed by atoms with Crippen LogP contribution in [0.4, 0.5) is 13.2 Å². The summed E-state index contributed by atoms with van der Waals surface area (Å²) in [5.74, 6) is 1.31. The second-order valence-corrected chi connectivity index (χ2v) is 7.03. The van der Waals surface area contributed by atoms with Crippen LogP contribution in [0.25, 0.3) is 0 Å². The topological polar surface area (TPSA) is 48.9 Å². The number of benzene rings is 1. The lowest BCUT2D eigenvalue weighted by Crippen LogP contribution is -2.42. The summed E-state index contributed by atoms with van der Waals surface area (Å²) in [5.41, 5.74) is 0.665. The Kier molecular flexibility index (Phi) is 11.0. The van der Waals surface area contributed by atoms with Gasteiger partial charge in [0.25, 0.3) is 0 Å². The van der Waals surface area contributed by atoms with E-state index in [2.05, 4.69) is 15.6 Å². The molecule has 0 aliphatic carbocycles. The van der Waals surface area contributed by atoms with Crippen LogP contribution in [0.3, 0.4) is 0 Å². The number of alkyl halides is 3. The van der Waals surface area contributed by atoms with Crippen molar-refractivity contribution in [2.24, 2.45) is 4.99 Å². The molecule has 0 amide bonds. The quantitative estimate of drug-likeness (QED) is 0.340. The number of nitrogens with one attached hydrogen (secondary N) is 2. The Morgan fingerprint density at radius 1 is 1.15 bits per heavy atom. The number of guanidine groups is 1. The van der Waals surface area contributed by atoms with Gasteiger partial charge >= 0.3 is 6.18 Å². The van der Waals surface area contributed by atoms with Crippen molar-refractivity contribution in [3.63, 3.8) is 0 Å². The van der Waals surface area contributed by atoms with Gasteiger partial charge in [-0.3, -0.25) is 9.89 Å². The number of likely N-dealkylation sites (N-methyl/N-ethyl adjacent to an activating group) is 1. The third-order valence-corrected chi connectivity index (χ3v) is 3.29. The second kappa shape index (κ2) is 11.6. The van der Waals surface area contributed by atoms with E-state index in [0.29, 0.717) is 19.0 Å². The molecule has 2 N–H and O–H groups in total. The summed E-state index contributed by atoms with van der Waals surface area (Å²) in [4.78, 5) is 5.31. The molecule has 0 heterocycles. The Morgan fingerprint density at radius 3 is 2.33 bits per heavy atom.